The predicted molar refractivity (Wildman–Crippen MR) is 149 cm³/mol. The second kappa shape index (κ2) is 14.9. The standard InChI is InChI=1S/C27H27N3O6S3.Na/c1-36-27(32)30-22(15-18-6-3-2-4-7-18)25(31)28-21(23-16-38-26(29-23)24-8-5-13-37-24)14-19-9-11-20(12-10-19)17-39(33,34)35;/h2-13,16,21-22H,14-15,17H2,1H3,(H,28,31)(H,30,32)(H,33,34,35);/q;+1/p-1/t21-,22-;/m0./s1. The molecule has 0 aliphatic rings. The Kier molecular flexibility index (Phi) is 11.9. The fraction of sp³-hybridized carbons (Fsp3) is 0.222. The fourth-order valence-corrected chi connectivity index (χ4v) is 6.22. The molecule has 0 radical (unpaired) electrons. The largest absolute Gasteiger partial charge is 1.00 e. The van der Waals surface area contributed by atoms with Crippen molar-refractivity contribution in [1.82, 2.24) is 15.6 Å². The number of alkyl carbamates (subject to hydrolysis) is 1. The summed E-state index contributed by atoms with van der Waals surface area (Å²) in [6.45, 7) is 0. The van der Waals surface area contributed by atoms with Gasteiger partial charge in [-0.25, -0.2) is 18.2 Å². The van der Waals surface area contributed by atoms with Crippen molar-refractivity contribution in [2.24, 2.45) is 0 Å². The molecule has 2 aromatic carbocycles. The maximum Gasteiger partial charge on any atom is 1.00 e. The number of aromatic nitrogens is 1. The van der Waals surface area contributed by atoms with Gasteiger partial charge in [0.1, 0.15) is 11.0 Å². The van der Waals surface area contributed by atoms with Gasteiger partial charge in [0.15, 0.2) is 0 Å². The van der Waals surface area contributed by atoms with Crippen LogP contribution in [0.1, 0.15) is 28.4 Å². The number of thiazole rings is 1. The molecule has 0 spiro atoms. The zero-order valence-corrected chi connectivity index (χ0v) is 26.4. The Bertz CT molecular complexity index is 1490. The van der Waals surface area contributed by atoms with E-state index in [1.165, 1.54) is 18.4 Å². The number of ether oxygens (including phenoxy) is 1. The van der Waals surface area contributed by atoms with Crippen molar-refractivity contribution in [2.45, 2.75) is 30.7 Å². The van der Waals surface area contributed by atoms with E-state index < -0.39 is 40.0 Å². The van der Waals surface area contributed by atoms with Crippen LogP contribution in [-0.2, 0) is 38.2 Å². The maximum absolute atomic E-state index is 13.5. The first-order chi connectivity index (χ1) is 18.7. The monoisotopic (exact) mass is 607 g/mol. The van der Waals surface area contributed by atoms with E-state index in [9.17, 15) is 22.6 Å². The third kappa shape index (κ3) is 9.51. The minimum absolute atomic E-state index is 0. The third-order valence-corrected chi connectivity index (χ3v) is 8.40. The van der Waals surface area contributed by atoms with Crippen LogP contribution in [0.25, 0.3) is 9.88 Å². The van der Waals surface area contributed by atoms with Gasteiger partial charge < -0.3 is 19.9 Å². The molecule has 204 valence electrons. The smallest absolute Gasteiger partial charge is 0.748 e. The minimum Gasteiger partial charge on any atom is -0.748 e. The van der Waals surface area contributed by atoms with E-state index in [1.807, 2.05) is 53.2 Å². The van der Waals surface area contributed by atoms with Crippen molar-refractivity contribution >= 4 is 44.8 Å². The molecular weight excluding hydrogens is 582 g/mol. The van der Waals surface area contributed by atoms with Crippen LogP contribution in [0.3, 0.4) is 0 Å². The first kappa shape index (κ1) is 31.9. The van der Waals surface area contributed by atoms with Gasteiger partial charge in [-0.15, -0.1) is 22.7 Å². The Morgan fingerprint density at radius 1 is 0.925 bits per heavy atom. The molecule has 2 N–H and O–H groups in total. The molecule has 0 unspecified atom stereocenters. The van der Waals surface area contributed by atoms with Crippen LogP contribution in [0.2, 0.25) is 0 Å². The molecule has 2 heterocycles. The van der Waals surface area contributed by atoms with Crippen LogP contribution >= 0.6 is 22.7 Å². The van der Waals surface area contributed by atoms with Gasteiger partial charge in [-0.3, -0.25) is 4.79 Å². The van der Waals surface area contributed by atoms with E-state index >= 15 is 0 Å². The zero-order chi connectivity index (χ0) is 27.8. The van der Waals surface area contributed by atoms with Gasteiger partial charge in [0.05, 0.1) is 39.6 Å². The van der Waals surface area contributed by atoms with Gasteiger partial charge in [0.25, 0.3) is 0 Å². The molecule has 4 aromatic rings. The molecule has 0 aliphatic carbocycles. The molecule has 9 nitrogen and oxygen atoms in total. The summed E-state index contributed by atoms with van der Waals surface area (Å²) in [5, 5.41) is 10.3. The van der Waals surface area contributed by atoms with Gasteiger partial charge in [-0.05, 0) is 34.6 Å². The average molecular weight is 608 g/mol. The van der Waals surface area contributed by atoms with E-state index in [0.717, 1.165) is 21.0 Å². The van der Waals surface area contributed by atoms with Crippen molar-refractivity contribution < 1.29 is 56.9 Å². The molecule has 0 fully saturated rings. The third-order valence-electron chi connectivity index (χ3n) is 5.81. The summed E-state index contributed by atoms with van der Waals surface area (Å²) < 4.78 is 38.1. The summed E-state index contributed by atoms with van der Waals surface area (Å²) in [5.74, 6) is -1.00. The molecule has 0 saturated carbocycles. The van der Waals surface area contributed by atoms with Gasteiger partial charge in [-0.1, -0.05) is 60.7 Å². The molecule has 0 aliphatic heterocycles. The van der Waals surface area contributed by atoms with Gasteiger partial charge >= 0.3 is 35.7 Å². The average Bonchev–Trinajstić information content (AvgIpc) is 3.61. The molecule has 2 amide bonds. The summed E-state index contributed by atoms with van der Waals surface area (Å²) >= 11 is 3.03. The van der Waals surface area contributed by atoms with Crippen LogP contribution in [0.4, 0.5) is 4.79 Å². The number of amides is 2. The van der Waals surface area contributed by atoms with Crippen LogP contribution in [0, 0.1) is 0 Å². The number of benzene rings is 2. The summed E-state index contributed by atoms with van der Waals surface area (Å²) in [7, 11) is -3.16. The predicted octanol–water partition coefficient (Wildman–Crippen LogP) is 1.29. The Balaban J connectivity index is 0.00000441. The number of rotatable bonds is 11. The Labute approximate surface area is 263 Å². The summed E-state index contributed by atoms with van der Waals surface area (Å²) in [4.78, 5) is 31.3. The van der Waals surface area contributed by atoms with E-state index in [1.54, 1.807) is 35.6 Å². The summed E-state index contributed by atoms with van der Waals surface area (Å²) in [5.41, 5.74) is 2.70. The fourth-order valence-electron chi connectivity index (χ4n) is 3.93. The minimum atomic E-state index is -4.40. The molecular formula is C27H26N3NaO6S3. The molecule has 2 atom stereocenters. The molecule has 13 heteroatoms. The van der Waals surface area contributed by atoms with Gasteiger partial charge in [0.2, 0.25) is 5.91 Å². The van der Waals surface area contributed by atoms with Crippen molar-refractivity contribution in [3.8, 4) is 9.88 Å². The van der Waals surface area contributed by atoms with Crippen LogP contribution in [0.5, 0.6) is 0 Å². The van der Waals surface area contributed by atoms with Crippen LogP contribution < -0.4 is 40.2 Å². The molecule has 40 heavy (non-hydrogen) atoms. The van der Waals surface area contributed by atoms with Crippen molar-refractivity contribution in [3.05, 3.63) is 99.9 Å². The summed E-state index contributed by atoms with van der Waals surface area (Å²) in [6.07, 6.45) is -0.120. The Hall–Kier alpha value is -2.58. The number of carbonyl (C=O) groups excluding carboxylic acids is 2. The van der Waals surface area contributed by atoms with E-state index in [2.05, 4.69) is 10.6 Å². The first-order valence-corrected chi connectivity index (χ1v) is 15.2. The second-order valence-electron chi connectivity index (χ2n) is 8.72. The molecule has 2 aromatic heterocycles. The SMILES string of the molecule is COC(=O)N[C@@H](Cc1ccccc1)C(=O)N[C@@H](Cc1ccc(CS(=O)(=O)[O-])cc1)c1csc(-c2cccs2)n1.[Na+]. The van der Waals surface area contributed by atoms with Crippen LogP contribution in [0.15, 0.2) is 77.5 Å². The van der Waals surface area contributed by atoms with E-state index in [4.69, 9.17) is 9.72 Å². The second-order valence-corrected chi connectivity index (χ2v) is 11.9. The van der Waals surface area contributed by atoms with Gasteiger partial charge in [0, 0.05) is 11.8 Å². The number of carbonyl (C=O) groups is 2. The van der Waals surface area contributed by atoms with Crippen molar-refractivity contribution in [1.29, 1.82) is 0 Å². The van der Waals surface area contributed by atoms with Gasteiger partial charge in [-0.2, -0.15) is 0 Å². The Morgan fingerprint density at radius 2 is 1.60 bits per heavy atom. The topological polar surface area (TPSA) is 138 Å². The number of methoxy groups -OCH3 is 1. The maximum atomic E-state index is 13.5. The zero-order valence-electron chi connectivity index (χ0n) is 21.9. The van der Waals surface area contributed by atoms with Crippen LogP contribution in [-0.4, -0.2) is 43.1 Å². The molecule has 0 bridgehead atoms. The van der Waals surface area contributed by atoms with Crippen molar-refractivity contribution in [3.63, 3.8) is 0 Å². The molecule has 4 rings (SSSR count). The van der Waals surface area contributed by atoms with E-state index in [0.29, 0.717) is 17.7 Å². The van der Waals surface area contributed by atoms with E-state index in [-0.39, 0.29) is 36.0 Å². The number of hydrogen-bond donors (Lipinski definition) is 2. The number of nitrogens with zero attached hydrogens (tertiary/aromatic N) is 1. The van der Waals surface area contributed by atoms with Crippen molar-refractivity contribution in [2.75, 3.05) is 7.11 Å². The Morgan fingerprint density at radius 3 is 2.23 bits per heavy atom. The summed E-state index contributed by atoms with van der Waals surface area (Å²) in [6, 6.07) is 18.4. The normalized spacial score (nSPS) is 12.6. The first-order valence-electron chi connectivity index (χ1n) is 11.9. The molecule has 0 saturated heterocycles. The number of nitrogens with one attached hydrogen (secondary N) is 2. The number of thiophene rings is 1. The number of hydrogen-bond acceptors (Lipinski definition) is 9. The quantitative estimate of drug-likeness (QED) is 0.194.